The minimum Gasteiger partial charge on any atom is -0.295 e. The van der Waals surface area contributed by atoms with Gasteiger partial charge in [0.1, 0.15) is 5.82 Å². The number of alkyl halides is 1. The average Bonchev–Trinajstić information content (AvgIpc) is 2.04. The van der Waals surface area contributed by atoms with Gasteiger partial charge in [-0.05, 0) is 24.3 Å². The van der Waals surface area contributed by atoms with E-state index in [4.69, 9.17) is 5.73 Å². The Kier molecular flexibility index (Phi) is 2.50. The molecule has 0 aliphatic rings. The number of nitrogens with two attached hydrogens (primary N) is 1. The molecule has 2 nitrogen and oxygen atoms in total. The largest absolute Gasteiger partial charge is 0.295 e. The molecule has 1 aromatic carbocycles. The predicted molar refractivity (Wildman–Crippen MR) is 39.8 cm³/mol. The maximum absolute atomic E-state index is 12.3. The molecule has 0 saturated carbocycles. The van der Waals surface area contributed by atoms with Crippen LogP contribution in [0.25, 0.3) is 0 Å². The lowest BCUT2D eigenvalue weighted by Gasteiger charge is -2.00. The maximum atomic E-state index is 12.3. The van der Waals surface area contributed by atoms with E-state index in [9.17, 15) is 13.6 Å². The SMILES string of the molecule is NC(F)C(=O)c1ccc(F)cc1. The summed E-state index contributed by atoms with van der Waals surface area (Å²) in [5.41, 5.74) is 4.77. The first-order valence-corrected chi connectivity index (χ1v) is 3.30. The van der Waals surface area contributed by atoms with Gasteiger partial charge in [-0.2, -0.15) is 0 Å². The van der Waals surface area contributed by atoms with E-state index in [1.165, 1.54) is 12.1 Å². The van der Waals surface area contributed by atoms with Crippen molar-refractivity contribution in [1.29, 1.82) is 0 Å². The van der Waals surface area contributed by atoms with Crippen LogP contribution in [0.1, 0.15) is 10.4 Å². The number of carbonyl (C=O) groups excluding carboxylic acids is 1. The molecule has 0 aromatic heterocycles. The third kappa shape index (κ3) is 1.85. The van der Waals surface area contributed by atoms with Crippen molar-refractivity contribution in [1.82, 2.24) is 0 Å². The van der Waals surface area contributed by atoms with Crippen LogP contribution in [0.3, 0.4) is 0 Å². The molecule has 1 aromatic rings. The molecule has 0 saturated heterocycles. The molecule has 0 amide bonds. The first-order chi connectivity index (χ1) is 5.61. The Labute approximate surface area is 68.0 Å². The van der Waals surface area contributed by atoms with Gasteiger partial charge in [0.2, 0.25) is 12.1 Å². The van der Waals surface area contributed by atoms with Crippen LogP contribution in [-0.4, -0.2) is 12.1 Å². The lowest BCUT2D eigenvalue weighted by molar-refractivity contribution is 0.0883. The molecule has 0 aliphatic heterocycles. The Morgan fingerprint density at radius 2 is 1.83 bits per heavy atom. The summed E-state index contributed by atoms with van der Waals surface area (Å²) in [5.74, 6) is -1.31. The molecule has 0 bridgehead atoms. The van der Waals surface area contributed by atoms with Gasteiger partial charge in [-0.25, -0.2) is 8.78 Å². The van der Waals surface area contributed by atoms with Crippen LogP contribution in [-0.2, 0) is 0 Å². The lowest BCUT2D eigenvalue weighted by Crippen LogP contribution is -2.25. The average molecular weight is 171 g/mol. The smallest absolute Gasteiger partial charge is 0.212 e. The number of hydrogen-bond acceptors (Lipinski definition) is 2. The van der Waals surface area contributed by atoms with Gasteiger partial charge in [0.15, 0.2) is 0 Å². The monoisotopic (exact) mass is 171 g/mol. The van der Waals surface area contributed by atoms with Gasteiger partial charge >= 0.3 is 0 Å². The number of rotatable bonds is 2. The maximum Gasteiger partial charge on any atom is 0.212 e. The van der Waals surface area contributed by atoms with Crippen molar-refractivity contribution in [3.63, 3.8) is 0 Å². The van der Waals surface area contributed by atoms with E-state index < -0.39 is 17.9 Å². The number of ketones is 1. The predicted octanol–water partition coefficient (Wildman–Crippen LogP) is 1.26. The molecule has 1 atom stereocenters. The summed E-state index contributed by atoms with van der Waals surface area (Å²) < 4.78 is 24.5. The van der Waals surface area contributed by atoms with E-state index >= 15 is 0 Å². The van der Waals surface area contributed by atoms with E-state index in [1.54, 1.807) is 0 Å². The van der Waals surface area contributed by atoms with Crippen molar-refractivity contribution in [3.05, 3.63) is 35.6 Å². The van der Waals surface area contributed by atoms with Crippen LogP contribution >= 0.6 is 0 Å². The Hall–Kier alpha value is -1.29. The van der Waals surface area contributed by atoms with Crippen molar-refractivity contribution in [3.8, 4) is 0 Å². The molecular weight excluding hydrogens is 164 g/mol. The highest BCUT2D eigenvalue weighted by atomic mass is 19.1. The van der Waals surface area contributed by atoms with Crippen LogP contribution in [0.5, 0.6) is 0 Å². The second-order valence-electron chi connectivity index (χ2n) is 2.27. The van der Waals surface area contributed by atoms with Crippen LogP contribution < -0.4 is 5.73 Å². The zero-order chi connectivity index (χ0) is 9.14. The number of benzene rings is 1. The van der Waals surface area contributed by atoms with Crippen molar-refractivity contribution in [2.45, 2.75) is 6.30 Å². The Morgan fingerprint density at radius 3 is 2.25 bits per heavy atom. The topological polar surface area (TPSA) is 43.1 Å². The third-order valence-corrected chi connectivity index (χ3v) is 1.38. The number of Topliss-reactive ketones (excluding diaryl/α,β-unsaturated/α-hetero) is 1. The molecule has 1 rings (SSSR count). The fourth-order valence-electron chi connectivity index (χ4n) is 0.773. The summed E-state index contributed by atoms with van der Waals surface area (Å²) in [5, 5.41) is 0. The van der Waals surface area contributed by atoms with Crippen LogP contribution in [0.2, 0.25) is 0 Å². The minimum absolute atomic E-state index is 0.0754. The number of hydrogen-bond donors (Lipinski definition) is 1. The molecule has 2 N–H and O–H groups in total. The molecule has 0 spiro atoms. The Bertz CT molecular complexity index is 282. The fourth-order valence-corrected chi connectivity index (χ4v) is 0.773. The van der Waals surface area contributed by atoms with Gasteiger partial charge in [0, 0.05) is 5.56 Å². The molecule has 0 radical (unpaired) electrons. The zero-order valence-electron chi connectivity index (χ0n) is 6.13. The molecule has 0 fully saturated rings. The van der Waals surface area contributed by atoms with Crippen molar-refractivity contribution < 1.29 is 13.6 Å². The van der Waals surface area contributed by atoms with Gasteiger partial charge in [-0.1, -0.05) is 0 Å². The standard InChI is InChI=1S/C8H7F2NO/c9-6-3-1-5(2-4-6)7(12)8(10)11/h1-4,8H,11H2. The number of carbonyl (C=O) groups is 1. The van der Waals surface area contributed by atoms with Crippen molar-refractivity contribution in [2.24, 2.45) is 5.73 Å². The molecule has 64 valence electrons. The van der Waals surface area contributed by atoms with Gasteiger partial charge in [0.05, 0.1) is 0 Å². The first-order valence-electron chi connectivity index (χ1n) is 3.30. The van der Waals surface area contributed by atoms with Crippen LogP contribution in [0.15, 0.2) is 24.3 Å². The molecule has 0 heterocycles. The number of halogens is 2. The first kappa shape index (κ1) is 8.80. The summed E-state index contributed by atoms with van der Waals surface area (Å²) >= 11 is 0. The highest BCUT2D eigenvalue weighted by Crippen LogP contribution is 2.05. The molecule has 1 unspecified atom stereocenters. The Morgan fingerprint density at radius 1 is 1.33 bits per heavy atom. The van der Waals surface area contributed by atoms with Gasteiger partial charge < -0.3 is 0 Å². The van der Waals surface area contributed by atoms with E-state index in [2.05, 4.69) is 0 Å². The zero-order valence-corrected chi connectivity index (χ0v) is 6.13. The van der Waals surface area contributed by atoms with Gasteiger partial charge in [0.25, 0.3) is 0 Å². The normalized spacial score (nSPS) is 12.6. The van der Waals surface area contributed by atoms with E-state index in [0.717, 1.165) is 12.1 Å². The van der Waals surface area contributed by atoms with E-state index in [0.29, 0.717) is 0 Å². The molecular formula is C8H7F2NO. The molecule has 12 heavy (non-hydrogen) atoms. The van der Waals surface area contributed by atoms with Gasteiger partial charge in [-0.15, -0.1) is 0 Å². The van der Waals surface area contributed by atoms with Crippen molar-refractivity contribution in [2.75, 3.05) is 0 Å². The summed E-state index contributed by atoms with van der Waals surface area (Å²) in [7, 11) is 0. The lowest BCUT2D eigenvalue weighted by atomic mass is 10.1. The third-order valence-electron chi connectivity index (χ3n) is 1.38. The van der Waals surface area contributed by atoms with Crippen LogP contribution in [0, 0.1) is 5.82 Å². The summed E-state index contributed by atoms with van der Waals surface area (Å²) in [4.78, 5) is 10.8. The van der Waals surface area contributed by atoms with E-state index in [-0.39, 0.29) is 5.56 Å². The van der Waals surface area contributed by atoms with Crippen LogP contribution in [0.4, 0.5) is 8.78 Å². The van der Waals surface area contributed by atoms with Crippen molar-refractivity contribution >= 4 is 5.78 Å². The highest BCUT2D eigenvalue weighted by Gasteiger charge is 2.13. The summed E-state index contributed by atoms with van der Waals surface area (Å²) in [6.07, 6.45) is -2.03. The Balaban J connectivity index is 2.90. The quantitative estimate of drug-likeness (QED) is 0.537. The summed E-state index contributed by atoms with van der Waals surface area (Å²) in [6.45, 7) is 0. The highest BCUT2D eigenvalue weighted by molar-refractivity contribution is 5.98. The van der Waals surface area contributed by atoms with E-state index in [1.807, 2.05) is 0 Å². The molecule has 0 aliphatic carbocycles. The second-order valence-corrected chi connectivity index (χ2v) is 2.27. The fraction of sp³-hybridized carbons (Fsp3) is 0.125. The van der Waals surface area contributed by atoms with Gasteiger partial charge in [-0.3, -0.25) is 10.5 Å². The minimum atomic E-state index is -2.03. The summed E-state index contributed by atoms with van der Waals surface area (Å²) in [6, 6.07) is 4.54. The molecule has 4 heteroatoms. The second kappa shape index (κ2) is 3.40.